The van der Waals surface area contributed by atoms with Crippen LogP contribution in [0.4, 0.5) is 0 Å². The molecule has 6 heteroatoms. The molecule has 140 valence electrons. The lowest BCUT2D eigenvalue weighted by molar-refractivity contribution is 0.0697. The fourth-order valence-corrected chi connectivity index (χ4v) is 2.95. The Labute approximate surface area is 169 Å². The van der Waals surface area contributed by atoms with Gasteiger partial charge in [-0.25, -0.2) is 14.5 Å². The molecular weight excluding hydrogens is 370 g/mol. The van der Waals surface area contributed by atoms with Crippen molar-refractivity contribution in [2.24, 2.45) is 0 Å². The van der Waals surface area contributed by atoms with Gasteiger partial charge in [0.05, 0.1) is 12.1 Å². The molecule has 0 aliphatic rings. The van der Waals surface area contributed by atoms with E-state index in [1.165, 1.54) is 0 Å². The van der Waals surface area contributed by atoms with E-state index < -0.39 is 5.97 Å². The van der Waals surface area contributed by atoms with E-state index in [1.54, 1.807) is 22.2 Å². The van der Waals surface area contributed by atoms with Crippen molar-refractivity contribution in [3.05, 3.63) is 71.3 Å². The number of hydrogen-bond donors (Lipinski definition) is 1. The lowest BCUT2D eigenvalue weighted by Crippen LogP contribution is -2.05. The van der Waals surface area contributed by atoms with Crippen molar-refractivity contribution in [2.75, 3.05) is 0 Å². The molecule has 0 bridgehead atoms. The zero-order valence-electron chi connectivity index (χ0n) is 15.4. The van der Waals surface area contributed by atoms with Crippen LogP contribution in [0, 0.1) is 11.8 Å². The number of carboxylic acid groups (broad SMARTS) is 1. The molecular formula is C22H19N3O2S. The molecule has 1 heterocycles. The third-order valence-corrected chi connectivity index (χ3v) is 4.28. The normalized spacial score (nSPS) is 10.2. The SMILES string of the molecule is CCC#Cc1nc(CC=S)nn1Cc1ccc(-c2ccccc2C(=O)O)cc1. The van der Waals surface area contributed by atoms with E-state index in [-0.39, 0.29) is 5.56 Å². The summed E-state index contributed by atoms with van der Waals surface area (Å²) in [5.74, 6) is 6.41. The number of hydrogen-bond acceptors (Lipinski definition) is 4. The van der Waals surface area contributed by atoms with Gasteiger partial charge < -0.3 is 5.11 Å². The Balaban J connectivity index is 1.87. The molecule has 0 fully saturated rings. The molecule has 0 atom stereocenters. The molecule has 2 aromatic carbocycles. The molecule has 0 unspecified atom stereocenters. The van der Waals surface area contributed by atoms with Gasteiger partial charge in [0.1, 0.15) is 0 Å². The molecule has 0 radical (unpaired) electrons. The number of aromatic nitrogens is 3. The Morgan fingerprint density at radius 1 is 1.21 bits per heavy atom. The van der Waals surface area contributed by atoms with Gasteiger partial charge in [-0.15, -0.1) is 0 Å². The van der Waals surface area contributed by atoms with E-state index in [0.717, 1.165) is 17.5 Å². The second-order valence-electron chi connectivity index (χ2n) is 6.08. The van der Waals surface area contributed by atoms with Crippen LogP contribution in [0.3, 0.4) is 0 Å². The smallest absolute Gasteiger partial charge is 0.336 e. The molecule has 1 N–H and O–H groups in total. The second kappa shape index (κ2) is 9.07. The first-order valence-corrected chi connectivity index (χ1v) is 9.37. The average molecular weight is 389 g/mol. The van der Waals surface area contributed by atoms with Crippen LogP contribution in [0.5, 0.6) is 0 Å². The van der Waals surface area contributed by atoms with Crippen LogP contribution in [0.1, 0.15) is 40.9 Å². The summed E-state index contributed by atoms with van der Waals surface area (Å²) in [5.41, 5.74) is 2.86. The van der Waals surface area contributed by atoms with Gasteiger partial charge >= 0.3 is 5.97 Å². The van der Waals surface area contributed by atoms with Crippen molar-refractivity contribution in [1.29, 1.82) is 0 Å². The first kappa shape index (κ1) is 19.5. The maximum Gasteiger partial charge on any atom is 0.336 e. The van der Waals surface area contributed by atoms with Crippen LogP contribution in [0.25, 0.3) is 11.1 Å². The summed E-state index contributed by atoms with van der Waals surface area (Å²) in [7, 11) is 0. The van der Waals surface area contributed by atoms with Gasteiger partial charge in [0, 0.05) is 12.8 Å². The Morgan fingerprint density at radius 2 is 1.96 bits per heavy atom. The van der Waals surface area contributed by atoms with E-state index in [4.69, 9.17) is 12.2 Å². The second-order valence-corrected chi connectivity index (χ2v) is 6.42. The van der Waals surface area contributed by atoms with Gasteiger partial charge in [0.2, 0.25) is 5.82 Å². The predicted molar refractivity (Wildman–Crippen MR) is 112 cm³/mol. The first-order chi connectivity index (χ1) is 13.6. The highest BCUT2D eigenvalue weighted by Gasteiger charge is 2.11. The maximum absolute atomic E-state index is 11.4. The highest BCUT2D eigenvalue weighted by atomic mass is 32.1. The zero-order chi connectivity index (χ0) is 19.9. The minimum Gasteiger partial charge on any atom is -0.478 e. The van der Waals surface area contributed by atoms with Crippen LogP contribution in [-0.4, -0.2) is 31.2 Å². The summed E-state index contributed by atoms with van der Waals surface area (Å²) in [5, 5.41) is 15.5. The average Bonchev–Trinajstić information content (AvgIpc) is 3.08. The van der Waals surface area contributed by atoms with E-state index in [0.29, 0.717) is 30.2 Å². The number of carboxylic acids is 1. The van der Waals surface area contributed by atoms with Gasteiger partial charge in [0.25, 0.3) is 0 Å². The fraction of sp³-hybridized carbons (Fsp3) is 0.182. The minimum absolute atomic E-state index is 0.286. The quantitative estimate of drug-likeness (QED) is 0.510. The number of nitrogens with zero attached hydrogens (tertiary/aromatic N) is 3. The highest BCUT2D eigenvalue weighted by molar-refractivity contribution is 7.78. The molecule has 0 saturated carbocycles. The van der Waals surface area contributed by atoms with Crippen LogP contribution in [0.2, 0.25) is 0 Å². The monoisotopic (exact) mass is 389 g/mol. The summed E-state index contributed by atoms with van der Waals surface area (Å²) in [6.45, 7) is 2.51. The van der Waals surface area contributed by atoms with Crippen LogP contribution >= 0.6 is 12.2 Å². The largest absolute Gasteiger partial charge is 0.478 e. The minimum atomic E-state index is -0.937. The molecule has 0 aliphatic heterocycles. The Morgan fingerprint density at radius 3 is 2.64 bits per heavy atom. The Hall–Kier alpha value is -3.30. The molecule has 3 rings (SSSR count). The van der Waals surface area contributed by atoms with Gasteiger partial charge in [-0.05, 0) is 34.0 Å². The number of benzene rings is 2. The van der Waals surface area contributed by atoms with Crippen molar-refractivity contribution in [1.82, 2.24) is 14.8 Å². The maximum atomic E-state index is 11.4. The number of aromatic carboxylic acids is 1. The predicted octanol–water partition coefficient (Wildman–Crippen LogP) is 4.00. The van der Waals surface area contributed by atoms with Crippen molar-refractivity contribution in [3.63, 3.8) is 0 Å². The molecule has 3 aromatic rings. The van der Waals surface area contributed by atoms with Gasteiger partial charge in [0.15, 0.2) is 5.82 Å². The van der Waals surface area contributed by atoms with Crippen molar-refractivity contribution >= 4 is 23.6 Å². The zero-order valence-corrected chi connectivity index (χ0v) is 16.2. The van der Waals surface area contributed by atoms with Crippen molar-refractivity contribution in [3.8, 4) is 23.0 Å². The first-order valence-electron chi connectivity index (χ1n) is 8.90. The number of thiocarbonyl (C=S) groups is 1. The third kappa shape index (κ3) is 4.51. The van der Waals surface area contributed by atoms with E-state index in [9.17, 15) is 9.90 Å². The summed E-state index contributed by atoms with van der Waals surface area (Å²) >= 11 is 4.90. The summed E-state index contributed by atoms with van der Waals surface area (Å²) in [6, 6.07) is 14.7. The van der Waals surface area contributed by atoms with Gasteiger partial charge in [-0.3, -0.25) is 0 Å². The van der Waals surface area contributed by atoms with Crippen molar-refractivity contribution in [2.45, 2.75) is 26.3 Å². The van der Waals surface area contributed by atoms with E-state index in [2.05, 4.69) is 21.9 Å². The van der Waals surface area contributed by atoms with Gasteiger partial charge in [-0.2, -0.15) is 5.10 Å². The van der Waals surface area contributed by atoms with Gasteiger partial charge in [-0.1, -0.05) is 67.5 Å². The van der Waals surface area contributed by atoms with Crippen LogP contribution in [0.15, 0.2) is 48.5 Å². The number of rotatable bonds is 6. The molecule has 28 heavy (non-hydrogen) atoms. The Bertz CT molecular complexity index is 1060. The van der Waals surface area contributed by atoms with Crippen LogP contribution in [-0.2, 0) is 13.0 Å². The molecule has 0 saturated heterocycles. The standard InChI is InChI=1S/C22H19N3O2S/c1-2-3-8-21-23-20(13-14-28)24-25(21)15-16-9-11-17(12-10-16)18-6-4-5-7-19(18)22(26)27/h4-7,9-12,14H,2,13,15H2,1H3,(H,26,27). The summed E-state index contributed by atoms with van der Waals surface area (Å²) in [4.78, 5) is 15.9. The van der Waals surface area contributed by atoms with E-state index >= 15 is 0 Å². The lowest BCUT2D eigenvalue weighted by Gasteiger charge is -2.08. The van der Waals surface area contributed by atoms with Crippen molar-refractivity contribution < 1.29 is 9.90 Å². The molecule has 0 spiro atoms. The lowest BCUT2D eigenvalue weighted by atomic mass is 9.99. The topological polar surface area (TPSA) is 68.0 Å². The third-order valence-electron chi connectivity index (χ3n) is 4.11. The summed E-state index contributed by atoms with van der Waals surface area (Å²) in [6.07, 6.45) is 1.26. The molecule has 0 amide bonds. The molecule has 1 aromatic heterocycles. The highest BCUT2D eigenvalue weighted by Crippen LogP contribution is 2.24. The molecule has 5 nitrogen and oxygen atoms in total. The fourth-order valence-electron chi connectivity index (χ4n) is 2.80. The molecule has 0 aliphatic carbocycles. The number of carbonyl (C=O) groups is 1. The Kier molecular flexibility index (Phi) is 6.30. The summed E-state index contributed by atoms with van der Waals surface area (Å²) < 4.78 is 1.77. The van der Waals surface area contributed by atoms with Crippen LogP contribution < -0.4 is 0 Å². The van der Waals surface area contributed by atoms with E-state index in [1.807, 2.05) is 43.3 Å².